The van der Waals surface area contributed by atoms with E-state index in [4.69, 9.17) is 16.3 Å². The molecule has 0 aliphatic carbocycles. The van der Waals surface area contributed by atoms with Gasteiger partial charge in [0.05, 0.1) is 5.97 Å². The van der Waals surface area contributed by atoms with E-state index in [9.17, 15) is 14.7 Å². The van der Waals surface area contributed by atoms with Crippen molar-refractivity contribution >= 4 is 23.5 Å². The molecule has 0 fully saturated rings. The molecule has 0 aliphatic heterocycles. The first kappa shape index (κ1) is 23.1. The first-order valence-corrected chi connectivity index (χ1v) is 8.19. The summed E-state index contributed by atoms with van der Waals surface area (Å²) in [6, 6.07) is 13.7. The molecule has 5 nitrogen and oxygen atoms in total. The van der Waals surface area contributed by atoms with Crippen molar-refractivity contribution in [3.05, 3.63) is 64.7 Å². The van der Waals surface area contributed by atoms with Crippen LogP contribution in [-0.4, -0.2) is 24.0 Å². The third kappa shape index (κ3) is 7.02. The van der Waals surface area contributed by atoms with Crippen molar-refractivity contribution in [3.63, 3.8) is 0 Å². The van der Waals surface area contributed by atoms with Gasteiger partial charge in [-0.25, -0.2) is 0 Å². The number of carboxylic acids is 1. The van der Waals surface area contributed by atoms with Crippen LogP contribution in [0.4, 0.5) is 0 Å². The number of amides is 1. The summed E-state index contributed by atoms with van der Waals surface area (Å²) in [6.45, 7) is 3.34. The molecule has 7 heteroatoms. The van der Waals surface area contributed by atoms with E-state index in [0.29, 0.717) is 29.3 Å². The second-order valence-electron chi connectivity index (χ2n) is 6.06. The number of benzene rings is 2. The van der Waals surface area contributed by atoms with Crippen molar-refractivity contribution in [2.24, 2.45) is 0 Å². The van der Waals surface area contributed by atoms with Crippen LogP contribution in [0.25, 0.3) is 0 Å². The number of nitrogens with one attached hydrogen (secondary N) is 1. The van der Waals surface area contributed by atoms with Gasteiger partial charge in [0, 0.05) is 17.1 Å². The quantitative estimate of drug-likeness (QED) is 0.620. The summed E-state index contributed by atoms with van der Waals surface area (Å²) in [5, 5.41) is 14.4. The molecule has 0 unspecified atom stereocenters. The van der Waals surface area contributed by atoms with Gasteiger partial charge in [0.2, 0.25) is 0 Å². The van der Waals surface area contributed by atoms with E-state index < -0.39 is 11.6 Å². The molecule has 2 aromatic carbocycles. The Kier molecular flexibility index (Phi) is 9.30. The van der Waals surface area contributed by atoms with Gasteiger partial charge in [0.15, 0.2) is 0 Å². The van der Waals surface area contributed by atoms with Gasteiger partial charge in [0.1, 0.15) is 11.4 Å². The molecule has 0 aliphatic rings. The number of aliphatic carboxylic acids is 1. The van der Waals surface area contributed by atoms with Gasteiger partial charge in [-0.05, 0) is 62.2 Å². The number of carbonyl (C=O) groups excluding carboxylic acids is 2. The Labute approximate surface area is 200 Å². The fourth-order valence-corrected chi connectivity index (χ4v) is 2.21. The van der Waals surface area contributed by atoms with Gasteiger partial charge >= 0.3 is 51.4 Å². The Morgan fingerprint density at radius 1 is 1.08 bits per heavy atom. The van der Waals surface area contributed by atoms with Crippen LogP contribution in [0, 0.1) is 0 Å². The van der Waals surface area contributed by atoms with Crippen molar-refractivity contribution in [3.8, 4) is 5.75 Å². The van der Waals surface area contributed by atoms with Crippen LogP contribution in [0.2, 0.25) is 5.02 Å². The Hall–Kier alpha value is -0.894. The van der Waals surface area contributed by atoms with Crippen LogP contribution in [0.5, 0.6) is 5.75 Å². The average Bonchev–Trinajstić information content (AvgIpc) is 2.56. The molecule has 0 saturated heterocycles. The molecule has 0 radical (unpaired) electrons. The molecule has 132 valence electrons. The van der Waals surface area contributed by atoms with E-state index in [1.807, 2.05) is 12.1 Å². The van der Waals surface area contributed by atoms with Crippen molar-refractivity contribution in [2.75, 3.05) is 6.54 Å². The van der Waals surface area contributed by atoms with Gasteiger partial charge in [-0.15, -0.1) is 0 Å². The second-order valence-corrected chi connectivity index (χ2v) is 6.49. The molecule has 1 N–H and O–H groups in total. The maximum absolute atomic E-state index is 12.0. The Bertz CT molecular complexity index is 745. The number of hydrogen-bond acceptors (Lipinski definition) is 4. The predicted molar refractivity (Wildman–Crippen MR) is 93.6 cm³/mol. The van der Waals surface area contributed by atoms with Crippen LogP contribution in [-0.2, 0) is 11.2 Å². The van der Waals surface area contributed by atoms with E-state index in [1.165, 1.54) is 13.8 Å². The Morgan fingerprint density at radius 2 is 1.65 bits per heavy atom. The largest absolute Gasteiger partial charge is 1.00 e. The van der Waals surface area contributed by atoms with Crippen molar-refractivity contribution in [2.45, 2.75) is 25.9 Å². The summed E-state index contributed by atoms with van der Waals surface area (Å²) >= 11 is 5.79. The number of carbonyl (C=O) groups is 2. The molecule has 0 atom stereocenters. The number of hydrogen-bond donors (Lipinski definition) is 1. The molecule has 26 heavy (non-hydrogen) atoms. The monoisotopic (exact) mass is 399 g/mol. The maximum Gasteiger partial charge on any atom is 1.00 e. The number of carboxylic acid groups (broad SMARTS) is 1. The summed E-state index contributed by atoms with van der Waals surface area (Å²) in [4.78, 5) is 22.9. The molecular formula is C19H19ClKNO4. The third-order valence-electron chi connectivity index (χ3n) is 3.59. The van der Waals surface area contributed by atoms with Crippen molar-refractivity contribution in [1.29, 1.82) is 0 Å². The molecular weight excluding hydrogens is 381 g/mol. The van der Waals surface area contributed by atoms with Gasteiger partial charge in [-0.1, -0.05) is 23.7 Å². The number of ether oxygens (including phenoxy) is 1. The van der Waals surface area contributed by atoms with Crippen LogP contribution in [0.3, 0.4) is 0 Å². The van der Waals surface area contributed by atoms with E-state index in [1.54, 1.807) is 36.4 Å². The topological polar surface area (TPSA) is 78.5 Å². The van der Waals surface area contributed by atoms with E-state index in [-0.39, 0.29) is 57.3 Å². The average molecular weight is 400 g/mol. The van der Waals surface area contributed by atoms with Gasteiger partial charge in [0.25, 0.3) is 5.91 Å². The van der Waals surface area contributed by atoms with E-state index in [2.05, 4.69) is 5.32 Å². The predicted octanol–water partition coefficient (Wildman–Crippen LogP) is -0.776. The molecule has 0 aromatic heterocycles. The molecule has 2 rings (SSSR count). The van der Waals surface area contributed by atoms with Crippen LogP contribution >= 0.6 is 11.6 Å². The standard InChI is InChI=1S/C19H20ClNO4.K/c1-19(2,18(23)24)25-16-9-3-13(4-10-16)11-12-21-17(22)14-5-7-15(20)8-6-14;/h3-10H,11-12H2,1-2H3,(H,21,22)(H,23,24);/q;+1/p-1. The minimum atomic E-state index is -1.39. The van der Waals surface area contributed by atoms with Crippen LogP contribution in [0.15, 0.2) is 48.5 Å². The van der Waals surface area contributed by atoms with Crippen molar-refractivity contribution < 1.29 is 70.8 Å². The smallest absolute Gasteiger partial charge is 0.546 e. The zero-order valence-electron chi connectivity index (χ0n) is 15.0. The van der Waals surface area contributed by atoms with Gasteiger partial charge in [-0.2, -0.15) is 0 Å². The fourth-order valence-electron chi connectivity index (χ4n) is 2.08. The summed E-state index contributed by atoms with van der Waals surface area (Å²) < 4.78 is 5.39. The summed E-state index contributed by atoms with van der Waals surface area (Å²) in [5.74, 6) is -0.989. The first-order chi connectivity index (χ1) is 11.8. The van der Waals surface area contributed by atoms with Crippen LogP contribution in [0.1, 0.15) is 29.8 Å². The van der Waals surface area contributed by atoms with E-state index in [0.717, 1.165) is 5.56 Å². The molecule has 0 heterocycles. The Morgan fingerprint density at radius 3 is 2.19 bits per heavy atom. The minimum absolute atomic E-state index is 0. The maximum atomic E-state index is 12.0. The third-order valence-corrected chi connectivity index (χ3v) is 3.85. The summed E-state index contributed by atoms with van der Waals surface area (Å²) in [5.41, 5.74) is 0.154. The van der Waals surface area contributed by atoms with E-state index >= 15 is 0 Å². The normalized spacial score (nSPS) is 10.6. The summed E-state index contributed by atoms with van der Waals surface area (Å²) in [7, 11) is 0. The number of rotatable bonds is 7. The first-order valence-electron chi connectivity index (χ1n) is 7.81. The summed E-state index contributed by atoms with van der Waals surface area (Å²) in [6.07, 6.45) is 0.642. The SMILES string of the molecule is CC(C)(Oc1ccc(CCNC(=O)c2ccc(Cl)cc2)cc1)C(=O)[O-].[K+]. The van der Waals surface area contributed by atoms with Crippen LogP contribution < -0.4 is 66.5 Å². The Balaban J connectivity index is 0.00000338. The molecule has 1 amide bonds. The molecule has 0 spiro atoms. The minimum Gasteiger partial charge on any atom is -0.546 e. The molecule has 2 aromatic rings. The van der Waals surface area contributed by atoms with Crippen molar-refractivity contribution in [1.82, 2.24) is 5.32 Å². The van der Waals surface area contributed by atoms with Gasteiger partial charge < -0.3 is 20.0 Å². The fraction of sp³-hybridized carbons (Fsp3) is 0.263. The molecule has 0 bridgehead atoms. The van der Waals surface area contributed by atoms with Gasteiger partial charge in [-0.3, -0.25) is 4.79 Å². The zero-order chi connectivity index (χ0) is 18.4. The molecule has 0 saturated carbocycles. The second kappa shape index (κ2) is 10.4. The number of halogens is 1. The zero-order valence-corrected chi connectivity index (χ0v) is 18.9.